The summed E-state index contributed by atoms with van der Waals surface area (Å²) < 4.78 is 16.0. The molecule has 0 atom stereocenters. The van der Waals surface area contributed by atoms with E-state index in [9.17, 15) is 4.79 Å². The second kappa shape index (κ2) is 12.2. The number of hydrogen-bond acceptors (Lipinski definition) is 5. The Labute approximate surface area is 191 Å². The topological polar surface area (TPSA) is 60.0 Å². The van der Waals surface area contributed by atoms with Crippen molar-refractivity contribution in [2.45, 2.75) is 25.7 Å². The zero-order valence-corrected chi connectivity index (χ0v) is 19.3. The third kappa shape index (κ3) is 6.76. The molecule has 0 radical (unpaired) electrons. The first-order valence-electron chi connectivity index (χ1n) is 11.2. The van der Waals surface area contributed by atoms with E-state index < -0.39 is 0 Å². The smallest absolute Gasteiger partial charge is 0.224 e. The summed E-state index contributed by atoms with van der Waals surface area (Å²) in [6.45, 7) is 3.06. The number of carbonyl (C=O) groups excluding carboxylic acids is 1. The molecule has 2 aromatic rings. The van der Waals surface area contributed by atoms with Crippen LogP contribution in [-0.2, 0) is 4.79 Å². The molecule has 1 aliphatic heterocycles. The number of piperidine rings is 1. The third-order valence-electron chi connectivity index (χ3n) is 5.97. The van der Waals surface area contributed by atoms with Gasteiger partial charge in [-0.25, -0.2) is 0 Å². The van der Waals surface area contributed by atoms with Gasteiger partial charge < -0.3 is 19.5 Å². The van der Waals surface area contributed by atoms with Gasteiger partial charge in [-0.3, -0.25) is 9.69 Å². The summed E-state index contributed by atoms with van der Waals surface area (Å²) in [7, 11) is 4.89. The van der Waals surface area contributed by atoms with E-state index in [1.165, 1.54) is 0 Å². The zero-order chi connectivity index (χ0) is 22.8. The highest BCUT2D eigenvalue weighted by Crippen LogP contribution is 2.29. The Morgan fingerprint density at radius 3 is 2.50 bits per heavy atom. The van der Waals surface area contributed by atoms with E-state index >= 15 is 0 Å². The van der Waals surface area contributed by atoms with Gasteiger partial charge in [-0.05, 0) is 56.5 Å². The van der Waals surface area contributed by atoms with Gasteiger partial charge in [0.15, 0.2) is 0 Å². The van der Waals surface area contributed by atoms with Crippen molar-refractivity contribution in [1.82, 2.24) is 4.90 Å². The van der Waals surface area contributed by atoms with Crippen LogP contribution in [0.1, 0.15) is 31.2 Å². The zero-order valence-electron chi connectivity index (χ0n) is 19.3. The van der Waals surface area contributed by atoms with Crippen LogP contribution < -0.4 is 19.5 Å². The number of nitrogens with zero attached hydrogens (tertiary/aromatic N) is 1. The molecule has 3 rings (SSSR count). The lowest BCUT2D eigenvalue weighted by atomic mass is 9.92. The van der Waals surface area contributed by atoms with Crippen LogP contribution in [0.25, 0.3) is 6.08 Å². The van der Waals surface area contributed by atoms with Gasteiger partial charge in [0.2, 0.25) is 5.91 Å². The van der Waals surface area contributed by atoms with Gasteiger partial charge in [0.05, 0.1) is 27.0 Å². The second-order valence-electron chi connectivity index (χ2n) is 8.04. The number of ether oxygens (including phenoxy) is 3. The van der Waals surface area contributed by atoms with Crippen molar-refractivity contribution in [3.63, 3.8) is 0 Å². The van der Waals surface area contributed by atoms with Crippen LogP contribution in [0.5, 0.6) is 17.2 Å². The first-order valence-corrected chi connectivity index (χ1v) is 11.2. The SMILES string of the molecule is COc1ccc(NC(=O)CCC2CCN(CC=Cc3ccccc3OC)CC2)c(OC)c1. The molecule has 2 aromatic carbocycles. The largest absolute Gasteiger partial charge is 0.497 e. The molecule has 1 saturated heterocycles. The van der Waals surface area contributed by atoms with Gasteiger partial charge in [0.1, 0.15) is 17.2 Å². The number of hydrogen-bond donors (Lipinski definition) is 1. The lowest BCUT2D eigenvalue weighted by Gasteiger charge is -2.31. The highest BCUT2D eigenvalue weighted by Gasteiger charge is 2.19. The maximum atomic E-state index is 12.4. The van der Waals surface area contributed by atoms with Gasteiger partial charge in [-0.1, -0.05) is 30.4 Å². The molecule has 32 heavy (non-hydrogen) atoms. The number of anilines is 1. The van der Waals surface area contributed by atoms with Gasteiger partial charge in [-0.2, -0.15) is 0 Å². The van der Waals surface area contributed by atoms with E-state index in [-0.39, 0.29) is 5.91 Å². The van der Waals surface area contributed by atoms with Crippen molar-refractivity contribution in [2.75, 3.05) is 46.3 Å². The number of likely N-dealkylation sites (tertiary alicyclic amines) is 1. The maximum Gasteiger partial charge on any atom is 0.224 e. The number of carbonyl (C=O) groups is 1. The number of amides is 1. The van der Waals surface area contributed by atoms with Crippen molar-refractivity contribution in [3.8, 4) is 17.2 Å². The van der Waals surface area contributed by atoms with E-state index in [4.69, 9.17) is 14.2 Å². The van der Waals surface area contributed by atoms with Crippen LogP contribution in [0, 0.1) is 5.92 Å². The van der Waals surface area contributed by atoms with E-state index in [2.05, 4.69) is 28.4 Å². The van der Waals surface area contributed by atoms with Gasteiger partial charge in [0.25, 0.3) is 0 Å². The number of rotatable bonds is 10. The van der Waals surface area contributed by atoms with Crippen molar-refractivity contribution in [2.24, 2.45) is 5.92 Å². The Hall–Kier alpha value is -2.99. The minimum atomic E-state index is 0.0237. The van der Waals surface area contributed by atoms with Crippen molar-refractivity contribution in [3.05, 3.63) is 54.1 Å². The average Bonchev–Trinajstić information content (AvgIpc) is 2.84. The third-order valence-corrected chi connectivity index (χ3v) is 5.97. The molecule has 0 spiro atoms. The Bertz CT molecular complexity index is 904. The summed E-state index contributed by atoms with van der Waals surface area (Å²) >= 11 is 0. The minimum Gasteiger partial charge on any atom is -0.497 e. The monoisotopic (exact) mass is 438 g/mol. The summed E-state index contributed by atoms with van der Waals surface area (Å²) in [6.07, 6.45) is 8.02. The fourth-order valence-electron chi connectivity index (χ4n) is 4.04. The van der Waals surface area contributed by atoms with Crippen molar-refractivity contribution in [1.29, 1.82) is 0 Å². The van der Waals surface area contributed by atoms with E-state index in [0.29, 0.717) is 29.5 Å². The summed E-state index contributed by atoms with van der Waals surface area (Å²) in [5.74, 6) is 2.81. The van der Waals surface area contributed by atoms with E-state index in [1.54, 1.807) is 27.4 Å². The molecule has 172 valence electrons. The number of para-hydroxylation sites is 1. The first kappa shape index (κ1) is 23.7. The van der Waals surface area contributed by atoms with Gasteiger partial charge in [-0.15, -0.1) is 0 Å². The molecule has 0 unspecified atom stereocenters. The molecule has 0 aromatic heterocycles. The van der Waals surface area contributed by atoms with Gasteiger partial charge in [0, 0.05) is 24.6 Å². The van der Waals surface area contributed by atoms with Crippen LogP contribution in [0.2, 0.25) is 0 Å². The lowest BCUT2D eigenvalue weighted by molar-refractivity contribution is -0.116. The van der Waals surface area contributed by atoms with E-state index in [1.807, 2.05) is 30.3 Å². The lowest BCUT2D eigenvalue weighted by Crippen LogP contribution is -2.34. The molecule has 0 aliphatic carbocycles. The average molecular weight is 439 g/mol. The summed E-state index contributed by atoms with van der Waals surface area (Å²) in [6, 6.07) is 13.4. The standard InChI is InChI=1S/C26H34N2O4/c1-30-22-11-12-23(25(19-22)32-3)27-26(29)13-10-20-14-17-28(18-15-20)16-6-8-21-7-4-5-9-24(21)31-2/h4-9,11-12,19-20H,10,13-18H2,1-3H3,(H,27,29). The second-order valence-corrected chi connectivity index (χ2v) is 8.04. The quantitative estimate of drug-likeness (QED) is 0.574. The molecule has 1 aliphatic rings. The molecule has 1 N–H and O–H groups in total. The Morgan fingerprint density at radius 2 is 1.78 bits per heavy atom. The first-order chi connectivity index (χ1) is 15.6. The normalized spacial score (nSPS) is 15.0. The molecule has 1 fully saturated rings. The predicted molar refractivity (Wildman–Crippen MR) is 129 cm³/mol. The summed E-state index contributed by atoms with van der Waals surface area (Å²) in [5, 5.41) is 2.96. The number of nitrogens with one attached hydrogen (secondary N) is 1. The number of benzene rings is 2. The molecule has 6 heteroatoms. The molecule has 1 amide bonds. The molecule has 1 heterocycles. The Kier molecular flexibility index (Phi) is 8.99. The van der Waals surface area contributed by atoms with Crippen LogP contribution >= 0.6 is 0 Å². The molecular formula is C26H34N2O4. The fraction of sp³-hybridized carbons (Fsp3) is 0.423. The highest BCUT2D eigenvalue weighted by atomic mass is 16.5. The minimum absolute atomic E-state index is 0.0237. The Balaban J connectivity index is 1.39. The number of methoxy groups -OCH3 is 3. The molecule has 0 saturated carbocycles. The summed E-state index contributed by atoms with van der Waals surface area (Å²) in [4.78, 5) is 14.9. The fourth-order valence-corrected chi connectivity index (χ4v) is 4.04. The predicted octanol–water partition coefficient (Wildman–Crippen LogP) is 4.86. The van der Waals surface area contributed by atoms with Crippen LogP contribution in [-0.4, -0.2) is 51.8 Å². The van der Waals surface area contributed by atoms with Crippen LogP contribution in [0.15, 0.2) is 48.5 Å². The van der Waals surface area contributed by atoms with Crippen molar-refractivity contribution >= 4 is 17.7 Å². The maximum absolute atomic E-state index is 12.4. The van der Waals surface area contributed by atoms with E-state index in [0.717, 1.165) is 50.2 Å². The molecule has 0 bridgehead atoms. The van der Waals surface area contributed by atoms with Crippen LogP contribution in [0.3, 0.4) is 0 Å². The summed E-state index contributed by atoms with van der Waals surface area (Å²) in [5.41, 5.74) is 1.78. The molecular weight excluding hydrogens is 404 g/mol. The van der Waals surface area contributed by atoms with Crippen LogP contribution in [0.4, 0.5) is 5.69 Å². The molecule has 6 nitrogen and oxygen atoms in total. The van der Waals surface area contributed by atoms with Crippen molar-refractivity contribution < 1.29 is 19.0 Å². The van der Waals surface area contributed by atoms with Gasteiger partial charge >= 0.3 is 0 Å². The highest BCUT2D eigenvalue weighted by molar-refractivity contribution is 5.92. The Morgan fingerprint density at radius 1 is 1.03 bits per heavy atom.